The van der Waals surface area contributed by atoms with Gasteiger partial charge in [-0.15, -0.1) is 22.9 Å². The number of halogens is 2. The third-order valence-electron chi connectivity index (χ3n) is 2.82. The number of nitrogens with one attached hydrogen (secondary N) is 1. The summed E-state index contributed by atoms with van der Waals surface area (Å²) >= 11 is 13.1. The highest BCUT2D eigenvalue weighted by molar-refractivity contribution is 7.13. The molecule has 0 saturated carbocycles. The van der Waals surface area contributed by atoms with Crippen molar-refractivity contribution in [2.75, 3.05) is 12.4 Å². The molecule has 0 bridgehead atoms. The lowest BCUT2D eigenvalue weighted by molar-refractivity contribution is 0.0938. The maximum atomic E-state index is 12.0. The summed E-state index contributed by atoms with van der Waals surface area (Å²) in [5.74, 6) is 0.574. The molecule has 1 rings (SSSR count). The van der Waals surface area contributed by atoms with Crippen LogP contribution in [-0.2, 0) is 0 Å². The molecule has 18 heavy (non-hydrogen) atoms. The Kier molecular flexibility index (Phi) is 5.96. The lowest BCUT2D eigenvalue weighted by Gasteiger charge is -2.24. The number of rotatable bonds is 6. The van der Waals surface area contributed by atoms with E-state index in [1.807, 2.05) is 12.3 Å². The first-order chi connectivity index (χ1) is 8.37. The molecule has 0 spiro atoms. The van der Waals surface area contributed by atoms with E-state index in [1.165, 1.54) is 11.3 Å². The summed E-state index contributed by atoms with van der Waals surface area (Å²) in [6.45, 7) is 6.79. The van der Waals surface area contributed by atoms with E-state index >= 15 is 0 Å². The van der Waals surface area contributed by atoms with Crippen molar-refractivity contribution in [2.45, 2.75) is 33.6 Å². The Bertz CT molecular complexity index is 415. The Balaban J connectivity index is 2.53. The van der Waals surface area contributed by atoms with Crippen molar-refractivity contribution in [1.82, 2.24) is 5.32 Å². The lowest BCUT2D eigenvalue weighted by Crippen LogP contribution is -2.33. The van der Waals surface area contributed by atoms with Gasteiger partial charge in [0.15, 0.2) is 0 Å². The number of thiophene rings is 1. The molecular weight excluding hydrogens is 289 g/mol. The molecule has 1 aromatic heterocycles. The van der Waals surface area contributed by atoms with E-state index in [0.29, 0.717) is 22.3 Å². The maximum absolute atomic E-state index is 12.0. The molecule has 0 aliphatic rings. The van der Waals surface area contributed by atoms with E-state index in [9.17, 15) is 4.79 Å². The summed E-state index contributed by atoms with van der Waals surface area (Å²) in [5, 5.41) is 5.41. The fraction of sp³-hybridized carbons (Fsp3) is 0.615. The molecule has 1 heterocycles. The third-order valence-corrected chi connectivity index (χ3v) is 4.78. The second-order valence-electron chi connectivity index (χ2n) is 5.20. The van der Waals surface area contributed by atoms with Gasteiger partial charge in [0.2, 0.25) is 0 Å². The minimum absolute atomic E-state index is 0.0589. The van der Waals surface area contributed by atoms with Crippen LogP contribution < -0.4 is 5.32 Å². The number of carbonyl (C=O) groups is 1. The summed E-state index contributed by atoms with van der Waals surface area (Å²) < 4.78 is 0. The molecule has 0 aliphatic heterocycles. The predicted octanol–water partition coefficient (Wildman–Crippen LogP) is 4.48. The lowest BCUT2D eigenvalue weighted by atomic mass is 9.88. The van der Waals surface area contributed by atoms with Gasteiger partial charge in [-0.05, 0) is 36.1 Å². The Labute approximate surface area is 123 Å². The fourth-order valence-electron chi connectivity index (χ4n) is 1.62. The Morgan fingerprint density at radius 3 is 2.67 bits per heavy atom. The molecule has 0 saturated heterocycles. The largest absolute Gasteiger partial charge is 0.351 e. The van der Waals surface area contributed by atoms with Crippen LogP contribution in [0.3, 0.4) is 0 Å². The van der Waals surface area contributed by atoms with Crippen molar-refractivity contribution in [2.24, 2.45) is 5.41 Å². The van der Waals surface area contributed by atoms with E-state index in [-0.39, 0.29) is 11.3 Å². The van der Waals surface area contributed by atoms with E-state index in [1.54, 1.807) is 0 Å². The average Bonchev–Trinajstić information content (AvgIpc) is 2.65. The number of aryl methyl sites for hydroxylation is 1. The van der Waals surface area contributed by atoms with Crippen molar-refractivity contribution in [3.8, 4) is 0 Å². The normalized spacial score (nSPS) is 11.6. The third kappa shape index (κ3) is 4.45. The Hall–Kier alpha value is -0.250. The molecule has 0 atom stereocenters. The number of hydrogen-bond acceptors (Lipinski definition) is 2. The van der Waals surface area contributed by atoms with E-state index < -0.39 is 0 Å². The van der Waals surface area contributed by atoms with Gasteiger partial charge >= 0.3 is 0 Å². The van der Waals surface area contributed by atoms with Crippen LogP contribution in [0, 0.1) is 12.3 Å². The van der Waals surface area contributed by atoms with Gasteiger partial charge < -0.3 is 5.32 Å². The first kappa shape index (κ1) is 15.8. The number of amides is 1. The van der Waals surface area contributed by atoms with Crippen LogP contribution in [-0.4, -0.2) is 18.3 Å². The van der Waals surface area contributed by atoms with Crippen molar-refractivity contribution < 1.29 is 4.79 Å². The zero-order valence-electron chi connectivity index (χ0n) is 11.0. The van der Waals surface area contributed by atoms with Gasteiger partial charge in [-0.25, -0.2) is 0 Å². The molecule has 0 unspecified atom stereocenters. The first-order valence-corrected chi connectivity index (χ1v) is 7.74. The number of hydrogen-bond donors (Lipinski definition) is 1. The monoisotopic (exact) mass is 307 g/mol. The predicted molar refractivity (Wildman–Crippen MR) is 80.1 cm³/mol. The summed E-state index contributed by atoms with van der Waals surface area (Å²) in [4.78, 5) is 12.6. The minimum atomic E-state index is -0.0861. The van der Waals surface area contributed by atoms with Crippen LogP contribution in [0.4, 0.5) is 0 Å². The Morgan fingerprint density at radius 2 is 2.17 bits per heavy atom. The van der Waals surface area contributed by atoms with Crippen LogP contribution in [0.15, 0.2) is 5.38 Å². The summed E-state index contributed by atoms with van der Waals surface area (Å²) in [7, 11) is 0. The van der Waals surface area contributed by atoms with Crippen LogP contribution in [0.2, 0.25) is 5.02 Å². The van der Waals surface area contributed by atoms with Crippen LogP contribution >= 0.6 is 34.5 Å². The molecule has 1 N–H and O–H groups in total. The number of alkyl halides is 1. The first-order valence-electron chi connectivity index (χ1n) is 5.95. The van der Waals surface area contributed by atoms with Crippen LogP contribution in [0.1, 0.15) is 41.9 Å². The van der Waals surface area contributed by atoms with Crippen LogP contribution in [0.25, 0.3) is 0 Å². The molecule has 0 aliphatic carbocycles. The van der Waals surface area contributed by atoms with Crippen molar-refractivity contribution >= 4 is 40.4 Å². The topological polar surface area (TPSA) is 29.1 Å². The van der Waals surface area contributed by atoms with Gasteiger partial charge in [-0.1, -0.05) is 25.4 Å². The van der Waals surface area contributed by atoms with E-state index in [0.717, 1.165) is 18.4 Å². The van der Waals surface area contributed by atoms with Crippen molar-refractivity contribution in [3.63, 3.8) is 0 Å². The second kappa shape index (κ2) is 6.78. The molecule has 0 radical (unpaired) electrons. The highest BCUT2D eigenvalue weighted by Gasteiger charge is 2.20. The smallest absolute Gasteiger partial charge is 0.262 e. The van der Waals surface area contributed by atoms with E-state index in [4.69, 9.17) is 23.2 Å². The highest BCUT2D eigenvalue weighted by Crippen LogP contribution is 2.27. The SMILES string of the molecule is Cc1csc(C(=O)NCC(C)(C)CCCCl)c1Cl. The molecule has 0 aromatic carbocycles. The van der Waals surface area contributed by atoms with Crippen molar-refractivity contribution in [3.05, 3.63) is 20.8 Å². The van der Waals surface area contributed by atoms with Gasteiger partial charge in [-0.2, -0.15) is 0 Å². The molecule has 2 nitrogen and oxygen atoms in total. The standard InChI is InChI=1S/C13H19Cl2NOS/c1-9-7-18-11(10(9)15)12(17)16-8-13(2,3)5-4-6-14/h7H,4-6,8H2,1-3H3,(H,16,17). The molecule has 1 aromatic rings. The van der Waals surface area contributed by atoms with Gasteiger partial charge in [-0.3, -0.25) is 4.79 Å². The highest BCUT2D eigenvalue weighted by atomic mass is 35.5. The van der Waals surface area contributed by atoms with Gasteiger partial charge in [0.05, 0.1) is 5.02 Å². The molecule has 0 fully saturated rings. The molecule has 102 valence electrons. The second-order valence-corrected chi connectivity index (χ2v) is 6.84. The summed E-state index contributed by atoms with van der Waals surface area (Å²) in [6, 6.07) is 0. The zero-order chi connectivity index (χ0) is 13.8. The number of carbonyl (C=O) groups excluding carboxylic acids is 1. The zero-order valence-corrected chi connectivity index (χ0v) is 13.3. The molecule has 1 amide bonds. The van der Waals surface area contributed by atoms with Gasteiger partial charge in [0, 0.05) is 12.4 Å². The van der Waals surface area contributed by atoms with Gasteiger partial charge in [0.1, 0.15) is 4.88 Å². The van der Waals surface area contributed by atoms with Gasteiger partial charge in [0.25, 0.3) is 5.91 Å². The van der Waals surface area contributed by atoms with Crippen LogP contribution in [0.5, 0.6) is 0 Å². The minimum Gasteiger partial charge on any atom is -0.351 e. The fourth-order valence-corrected chi connectivity index (χ4v) is 2.95. The summed E-state index contributed by atoms with van der Waals surface area (Å²) in [6.07, 6.45) is 1.96. The molecular formula is C13H19Cl2NOS. The van der Waals surface area contributed by atoms with E-state index in [2.05, 4.69) is 19.2 Å². The molecule has 5 heteroatoms. The Morgan fingerprint density at radius 1 is 1.50 bits per heavy atom. The quantitative estimate of drug-likeness (QED) is 0.771. The summed E-state index contributed by atoms with van der Waals surface area (Å²) in [5.41, 5.74) is 1.01. The van der Waals surface area contributed by atoms with Crippen molar-refractivity contribution in [1.29, 1.82) is 0 Å². The average molecular weight is 308 g/mol. The maximum Gasteiger partial charge on any atom is 0.262 e.